The zero-order valence-corrected chi connectivity index (χ0v) is 18.1. The van der Waals surface area contributed by atoms with Crippen LogP contribution in [0.1, 0.15) is 49.8 Å². The fourth-order valence-corrected chi connectivity index (χ4v) is 3.88. The van der Waals surface area contributed by atoms with Crippen molar-refractivity contribution in [2.75, 3.05) is 11.9 Å². The highest BCUT2D eigenvalue weighted by Crippen LogP contribution is 2.34. The number of aliphatic hydroxyl groups is 1. The van der Waals surface area contributed by atoms with Crippen LogP contribution in [-0.2, 0) is 0 Å². The number of rotatable bonds is 5. The molecule has 1 radical (unpaired) electrons. The minimum atomic E-state index is -0.551. The lowest BCUT2D eigenvalue weighted by molar-refractivity contribution is 0.0944. The van der Waals surface area contributed by atoms with Crippen molar-refractivity contribution < 1.29 is 9.50 Å². The first kappa shape index (κ1) is 21.6. The molecule has 0 aliphatic carbocycles. The van der Waals surface area contributed by atoms with Crippen LogP contribution in [0.5, 0.6) is 0 Å². The van der Waals surface area contributed by atoms with Crippen LogP contribution in [0.4, 0.5) is 15.9 Å². The van der Waals surface area contributed by atoms with Crippen molar-refractivity contribution in [1.29, 1.82) is 0 Å². The Bertz CT molecular complexity index is 1080. The van der Waals surface area contributed by atoms with Gasteiger partial charge in [0.2, 0.25) is 0 Å². The van der Waals surface area contributed by atoms with E-state index in [9.17, 15) is 9.50 Å². The van der Waals surface area contributed by atoms with Crippen LogP contribution in [0, 0.1) is 5.82 Å². The van der Waals surface area contributed by atoms with E-state index in [0.717, 1.165) is 23.2 Å². The number of halogens is 2. The number of hydrogen-bond donors (Lipinski definition) is 2. The van der Waals surface area contributed by atoms with E-state index in [1.54, 1.807) is 18.6 Å². The van der Waals surface area contributed by atoms with Gasteiger partial charge in [0.1, 0.15) is 11.6 Å². The summed E-state index contributed by atoms with van der Waals surface area (Å²) < 4.78 is 14.4. The third-order valence-corrected chi connectivity index (χ3v) is 5.62. The van der Waals surface area contributed by atoms with Gasteiger partial charge >= 0.3 is 0 Å². The lowest BCUT2D eigenvalue weighted by Gasteiger charge is -2.29. The molecule has 4 rings (SSSR count). The molecule has 3 aromatic rings. The van der Waals surface area contributed by atoms with Gasteiger partial charge in [0.15, 0.2) is 5.82 Å². The van der Waals surface area contributed by atoms with Gasteiger partial charge in [0.25, 0.3) is 0 Å². The molecular formula is C23H24ClFN5O. The first-order valence-corrected chi connectivity index (χ1v) is 10.7. The van der Waals surface area contributed by atoms with Gasteiger partial charge in [0.05, 0.1) is 17.7 Å². The lowest BCUT2D eigenvalue weighted by atomic mass is 9.94. The molecule has 3 heterocycles. The molecule has 2 unspecified atom stereocenters. The quantitative estimate of drug-likeness (QED) is 0.583. The van der Waals surface area contributed by atoms with E-state index in [-0.39, 0.29) is 23.3 Å². The molecule has 1 fully saturated rings. The number of benzene rings is 1. The fourth-order valence-electron chi connectivity index (χ4n) is 3.71. The highest BCUT2D eigenvalue weighted by Gasteiger charge is 2.28. The molecule has 2 atom stereocenters. The number of nitrogens with zero attached hydrogens (tertiary/aromatic N) is 4. The molecule has 0 saturated carbocycles. The van der Waals surface area contributed by atoms with Crippen LogP contribution in [-0.4, -0.2) is 32.7 Å². The monoisotopic (exact) mass is 440 g/mol. The molecule has 1 aliphatic rings. The van der Waals surface area contributed by atoms with E-state index < -0.39 is 11.9 Å². The number of aliphatic hydroxyl groups excluding tert-OH is 1. The molecule has 0 bridgehead atoms. The van der Waals surface area contributed by atoms with E-state index in [2.05, 4.69) is 25.6 Å². The van der Waals surface area contributed by atoms with Crippen LogP contribution < -0.4 is 10.6 Å². The van der Waals surface area contributed by atoms with Crippen molar-refractivity contribution in [2.45, 2.75) is 44.8 Å². The maximum atomic E-state index is 14.4. The standard InChI is InChI=1S/C23H24ClFN5O/c1-13(2)16-12-28-22(15-10-14(24)5-6-18(15)25)30-23(16)29-19-7-9-26-11-17(19)21-20(31)4-3-8-27-21/h5-7,9-13,20-21,31H,3-4,8H2,1-2H3,(H,26,28,29,30). The Morgan fingerprint density at radius 3 is 2.84 bits per heavy atom. The summed E-state index contributed by atoms with van der Waals surface area (Å²) >= 11 is 6.06. The van der Waals surface area contributed by atoms with Crippen molar-refractivity contribution in [3.8, 4) is 11.4 Å². The Morgan fingerprint density at radius 1 is 1.23 bits per heavy atom. The van der Waals surface area contributed by atoms with Crippen LogP contribution in [0.3, 0.4) is 0 Å². The number of anilines is 2. The zero-order chi connectivity index (χ0) is 22.0. The normalized spacial score (nSPS) is 18.9. The van der Waals surface area contributed by atoms with E-state index in [4.69, 9.17) is 11.6 Å². The molecule has 6 nitrogen and oxygen atoms in total. The number of pyridine rings is 1. The van der Waals surface area contributed by atoms with Crippen molar-refractivity contribution in [3.05, 3.63) is 64.8 Å². The summed E-state index contributed by atoms with van der Waals surface area (Å²) in [4.78, 5) is 13.2. The van der Waals surface area contributed by atoms with Crippen molar-refractivity contribution >= 4 is 23.1 Å². The summed E-state index contributed by atoms with van der Waals surface area (Å²) in [7, 11) is 0. The largest absolute Gasteiger partial charge is 0.391 e. The molecule has 31 heavy (non-hydrogen) atoms. The first-order valence-electron chi connectivity index (χ1n) is 10.3. The Labute approximate surface area is 185 Å². The van der Waals surface area contributed by atoms with Gasteiger partial charge in [-0.15, -0.1) is 0 Å². The molecular weight excluding hydrogens is 417 g/mol. The summed E-state index contributed by atoms with van der Waals surface area (Å²) in [5.41, 5.74) is 2.68. The first-order chi connectivity index (χ1) is 14.9. The lowest BCUT2D eigenvalue weighted by Crippen LogP contribution is -2.33. The van der Waals surface area contributed by atoms with Gasteiger partial charge < -0.3 is 10.4 Å². The Kier molecular flexibility index (Phi) is 6.46. The summed E-state index contributed by atoms with van der Waals surface area (Å²) in [5, 5.41) is 18.9. The van der Waals surface area contributed by atoms with Gasteiger partial charge in [-0.05, 0) is 43.0 Å². The van der Waals surface area contributed by atoms with Crippen molar-refractivity contribution in [1.82, 2.24) is 20.3 Å². The van der Waals surface area contributed by atoms with Crippen molar-refractivity contribution in [2.24, 2.45) is 0 Å². The molecule has 2 N–H and O–H groups in total. The smallest absolute Gasteiger partial charge is 0.164 e. The second-order valence-corrected chi connectivity index (χ2v) is 8.36. The predicted molar refractivity (Wildman–Crippen MR) is 119 cm³/mol. The molecule has 1 aliphatic heterocycles. The Hall–Kier alpha value is -2.61. The van der Waals surface area contributed by atoms with Gasteiger partial charge in [-0.3, -0.25) is 4.98 Å². The van der Waals surface area contributed by atoms with Gasteiger partial charge in [-0.2, -0.15) is 0 Å². The summed E-state index contributed by atoms with van der Waals surface area (Å²) in [5.74, 6) is 0.499. The summed E-state index contributed by atoms with van der Waals surface area (Å²) in [6.45, 7) is 4.79. The molecule has 8 heteroatoms. The van der Waals surface area contributed by atoms with Crippen LogP contribution >= 0.6 is 11.6 Å². The van der Waals surface area contributed by atoms with Gasteiger partial charge in [0, 0.05) is 47.0 Å². The Morgan fingerprint density at radius 2 is 2.06 bits per heavy atom. The molecule has 161 valence electrons. The van der Waals surface area contributed by atoms with E-state index in [1.165, 1.54) is 18.2 Å². The molecule has 0 amide bonds. The van der Waals surface area contributed by atoms with E-state index in [1.807, 2.05) is 19.9 Å². The SMILES string of the molecule is CC(C)c1cnc(-c2cc(Cl)ccc2F)nc1Nc1ccncc1C1[N]CCCC1O. The number of aromatic nitrogens is 3. The second-order valence-electron chi connectivity index (χ2n) is 7.92. The Balaban J connectivity index is 1.75. The molecule has 1 saturated heterocycles. The fraction of sp³-hybridized carbons (Fsp3) is 0.348. The highest BCUT2D eigenvalue weighted by atomic mass is 35.5. The minimum absolute atomic E-state index is 0.135. The minimum Gasteiger partial charge on any atom is -0.391 e. The number of piperidine rings is 1. The number of hydrogen-bond acceptors (Lipinski definition) is 5. The average molecular weight is 441 g/mol. The highest BCUT2D eigenvalue weighted by molar-refractivity contribution is 6.30. The van der Waals surface area contributed by atoms with E-state index >= 15 is 0 Å². The molecule has 2 aromatic heterocycles. The topological polar surface area (TPSA) is 85.0 Å². The second kappa shape index (κ2) is 9.26. The van der Waals surface area contributed by atoms with Gasteiger partial charge in [-0.25, -0.2) is 19.7 Å². The molecule has 0 spiro atoms. The maximum Gasteiger partial charge on any atom is 0.164 e. The molecule has 1 aromatic carbocycles. The van der Waals surface area contributed by atoms with Crippen molar-refractivity contribution in [3.63, 3.8) is 0 Å². The van der Waals surface area contributed by atoms with Crippen LogP contribution in [0.15, 0.2) is 42.9 Å². The average Bonchev–Trinajstić information content (AvgIpc) is 2.76. The maximum absolute atomic E-state index is 14.4. The summed E-state index contributed by atoms with van der Waals surface area (Å²) in [6, 6.07) is 5.79. The van der Waals surface area contributed by atoms with Crippen LogP contribution in [0.2, 0.25) is 5.02 Å². The predicted octanol–water partition coefficient (Wildman–Crippen LogP) is 5.00. The number of nitrogens with one attached hydrogen (secondary N) is 1. The van der Waals surface area contributed by atoms with E-state index in [0.29, 0.717) is 23.8 Å². The third-order valence-electron chi connectivity index (χ3n) is 5.38. The van der Waals surface area contributed by atoms with Crippen LogP contribution in [0.25, 0.3) is 11.4 Å². The third kappa shape index (κ3) is 4.69. The van der Waals surface area contributed by atoms with Gasteiger partial charge in [-0.1, -0.05) is 25.4 Å². The summed E-state index contributed by atoms with van der Waals surface area (Å²) in [6.07, 6.45) is 6.12. The zero-order valence-electron chi connectivity index (χ0n) is 17.4.